The van der Waals surface area contributed by atoms with Gasteiger partial charge in [0.25, 0.3) is 0 Å². The van der Waals surface area contributed by atoms with Crippen LogP contribution in [0.15, 0.2) is 18.2 Å². The van der Waals surface area contributed by atoms with Gasteiger partial charge in [-0.3, -0.25) is 0 Å². The fourth-order valence-corrected chi connectivity index (χ4v) is 2.05. The van der Waals surface area contributed by atoms with Gasteiger partial charge in [-0.25, -0.2) is 4.79 Å². The SMILES string of the molecule is CCCCOC(=O)N[C@@H](C)[C@H](O)c1cc(C(F)(F)F)cc(C(F)(F)F)c1. The molecule has 0 spiro atoms. The monoisotopic (exact) mass is 387 g/mol. The number of hydrogen-bond donors (Lipinski definition) is 2. The van der Waals surface area contributed by atoms with Crippen molar-refractivity contribution in [3.05, 3.63) is 34.9 Å². The average molecular weight is 387 g/mol. The van der Waals surface area contributed by atoms with Crippen LogP contribution in [0.5, 0.6) is 0 Å². The first kappa shape index (κ1) is 22.1. The Hall–Kier alpha value is -1.97. The van der Waals surface area contributed by atoms with Gasteiger partial charge in [-0.2, -0.15) is 26.3 Å². The third kappa shape index (κ3) is 6.40. The van der Waals surface area contributed by atoms with E-state index < -0.39 is 47.3 Å². The Bertz CT molecular complexity index is 583. The van der Waals surface area contributed by atoms with Crippen LogP contribution in [0.25, 0.3) is 0 Å². The zero-order valence-electron chi connectivity index (χ0n) is 14.0. The molecule has 0 bridgehead atoms. The molecule has 0 saturated carbocycles. The molecule has 4 nitrogen and oxygen atoms in total. The van der Waals surface area contributed by atoms with Crippen molar-refractivity contribution in [2.75, 3.05) is 6.61 Å². The van der Waals surface area contributed by atoms with Crippen molar-refractivity contribution >= 4 is 6.09 Å². The van der Waals surface area contributed by atoms with Crippen molar-refractivity contribution in [2.24, 2.45) is 0 Å². The minimum absolute atomic E-state index is 0.0344. The Morgan fingerprint density at radius 2 is 1.62 bits per heavy atom. The zero-order chi connectivity index (χ0) is 20.1. The van der Waals surface area contributed by atoms with E-state index in [1.807, 2.05) is 6.92 Å². The lowest BCUT2D eigenvalue weighted by Crippen LogP contribution is -2.37. The van der Waals surface area contributed by atoms with Crippen molar-refractivity contribution in [1.29, 1.82) is 0 Å². The number of aliphatic hydroxyl groups excluding tert-OH is 1. The number of unbranched alkanes of at least 4 members (excludes halogenated alkanes) is 1. The highest BCUT2D eigenvalue weighted by molar-refractivity contribution is 5.67. The summed E-state index contributed by atoms with van der Waals surface area (Å²) in [5.74, 6) is 0. The first-order valence-electron chi connectivity index (χ1n) is 7.77. The number of nitrogens with one attached hydrogen (secondary N) is 1. The van der Waals surface area contributed by atoms with Crippen LogP contribution in [-0.2, 0) is 17.1 Å². The lowest BCUT2D eigenvalue weighted by atomic mass is 9.97. The fourth-order valence-electron chi connectivity index (χ4n) is 2.05. The molecule has 0 unspecified atom stereocenters. The lowest BCUT2D eigenvalue weighted by molar-refractivity contribution is -0.143. The second-order valence-corrected chi connectivity index (χ2v) is 5.71. The molecule has 10 heteroatoms. The van der Waals surface area contributed by atoms with E-state index in [0.717, 1.165) is 6.42 Å². The summed E-state index contributed by atoms with van der Waals surface area (Å²) in [5, 5.41) is 12.3. The second kappa shape index (κ2) is 8.61. The fraction of sp³-hybridized carbons (Fsp3) is 0.562. The van der Waals surface area contributed by atoms with E-state index in [1.165, 1.54) is 6.92 Å². The van der Waals surface area contributed by atoms with Gasteiger partial charge in [0, 0.05) is 0 Å². The summed E-state index contributed by atoms with van der Waals surface area (Å²) in [7, 11) is 0. The van der Waals surface area contributed by atoms with Crippen LogP contribution in [0.4, 0.5) is 31.1 Å². The average Bonchev–Trinajstić information content (AvgIpc) is 2.52. The van der Waals surface area contributed by atoms with E-state index in [9.17, 15) is 36.2 Å². The van der Waals surface area contributed by atoms with Crippen LogP contribution in [0.3, 0.4) is 0 Å². The highest BCUT2D eigenvalue weighted by Gasteiger charge is 2.38. The van der Waals surface area contributed by atoms with Gasteiger partial charge < -0.3 is 15.2 Å². The topological polar surface area (TPSA) is 58.6 Å². The molecular formula is C16H19F6NO3. The molecule has 0 aromatic heterocycles. The summed E-state index contributed by atoms with van der Waals surface area (Å²) in [5.41, 5.74) is -3.70. The van der Waals surface area contributed by atoms with Crippen molar-refractivity contribution in [3.63, 3.8) is 0 Å². The number of carbonyl (C=O) groups is 1. The Labute approximate surface area is 146 Å². The summed E-state index contributed by atoms with van der Waals surface area (Å²) in [6.07, 6.45) is -11.4. The minimum Gasteiger partial charge on any atom is -0.450 e. The molecule has 1 amide bonds. The van der Waals surface area contributed by atoms with Crippen molar-refractivity contribution in [2.45, 2.75) is 51.2 Å². The van der Waals surface area contributed by atoms with Gasteiger partial charge in [-0.05, 0) is 37.1 Å². The highest BCUT2D eigenvalue weighted by Crippen LogP contribution is 2.37. The Morgan fingerprint density at radius 3 is 2.04 bits per heavy atom. The molecule has 148 valence electrons. The number of rotatable bonds is 6. The Kier molecular flexibility index (Phi) is 7.31. The Balaban J connectivity index is 3.03. The second-order valence-electron chi connectivity index (χ2n) is 5.71. The van der Waals surface area contributed by atoms with Gasteiger partial charge in [-0.1, -0.05) is 13.3 Å². The molecule has 0 aliphatic carbocycles. The standard InChI is InChI=1S/C16H19F6NO3/c1-3-4-5-26-14(25)23-9(2)13(24)10-6-11(15(17,18)19)8-12(7-10)16(20,21)22/h6-9,13,24H,3-5H2,1-2H3,(H,23,25)/t9-,13-/m0/s1. The molecule has 0 heterocycles. The smallest absolute Gasteiger partial charge is 0.416 e. The zero-order valence-corrected chi connectivity index (χ0v) is 14.0. The van der Waals surface area contributed by atoms with Crippen LogP contribution in [0, 0.1) is 0 Å². The first-order chi connectivity index (χ1) is 11.9. The molecule has 0 aliphatic rings. The number of amides is 1. The summed E-state index contributed by atoms with van der Waals surface area (Å²) in [6.45, 7) is 3.20. The molecule has 0 radical (unpaired) electrons. The molecule has 26 heavy (non-hydrogen) atoms. The molecule has 0 saturated heterocycles. The lowest BCUT2D eigenvalue weighted by Gasteiger charge is -2.22. The van der Waals surface area contributed by atoms with Crippen molar-refractivity contribution < 1.29 is 41.0 Å². The van der Waals surface area contributed by atoms with Gasteiger partial charge >= 0.3 is 18.4 Å². The van der Waals surface area contributed by atoms with E-state index in [1.54, 1.807) is 0 Å². The molecule has 1 aromatic rings. The maximum Gasteiger partial charge on any atom is 0.416 e. The van der Waals surface area contributed by atoms with Crippen LogP contribution < -0.4 is 5.32 Å². The van der Waals surface area contributed by atoms with Crippen molar-refractivity contribution in [1.82, 2.24) is 5.32 Å². The molecule has 0 fully saturated rings. The van der Waals surface area contributed by atoms with E-state index in [2.05, 4.69) is 5.32 Å². The minimum atomic E-state index is -5.02. The molecule has 2 N–H and O–H groups in total. The van der Waals surface area contributed by atoms with E-state index in [4.69, 9.17) is 4.74 Å². The van der Waals surface area contributed by atoms with Crippen LogP contribution in [0.1, 0.15) is 49.5 Å². The highest BCUT2D eigenvalue weighted by atomic mass is 19.4. The number of ether oxygens (including phenoxy) is 1. The van der Waals surface area contributed by atoms with Gasteiger partial charge in [0.2, 0.25) is 0 Å². The molecular weight excluding hydrogens is 368 g/mol. The van der Waals surface area contributed by atoms with Crippen molar-refractivity contribution in [3.8, 4) is 0 Å². The predicted octanol–water partition coefficient (Wildman–Crippen LogP) is 4.67. The Morgan fingerprint density at radius 1 is 1.12 bits per heavy atom. The summed E-state index contributed by atoms with van der Waals surface area (Å²) in [4.78, 5) is 11.5. The third-order valence-corrected chi connectivity index (χ3v) is 3.50. The van der Waals surface area contributed by atoms with Crippen LogP contribution >= 0.6 is 0 Å². The van der Waals surface area contributed by atoms with Gasteiger partial charge in [0.15, 0.2) is 0 Å². The number of benzene rings is 1. The van der Waals surface area contributed by atoms with Gasteiger partial charge in [0.1, 0.15) is 0 Å². The van der Waals surface area contributed by atoms with Gasteiger partial charge in [0.05, 0.1) is 29.9 Å². The van der Waals surface area contributed by atoms with E-state index >= 15 is 0 Å². The number of alkyl halides is 6. The third-order valence-electron chi connectivity index (χ3n) is 3.50. The maximum absolute atomic E-state index is 12.8. The number of halogens is 6. The number of aliphatic hydroxyl groups is 1. The molecule has 1 aromatic carbocycles. The predicted molar refractivity (Wildman–Crippen MR) is 80.3 cm³/mol. The van der Waals surface area contributed by atoms with E-state index in [0.29, 0.717) is 18.6 Å². The largest absolute Gasteiger partial charge is 0.450 e. The maximum atomic E-state index is 12.8. The normalized spacial score (nSPS) is 14.7. The van der Waals surface area contributed by atoms with Crippen LogP contribution in [-0.4, -0.2) is 23.8 Å². The number of hydrogen-bond acceptors (Lipinski definition) is 3. The number of alkyl carbamates (subject to hydrolysis) is 1. The first-order valence-corrected chi connectivity index (χ1v) is 7.77. The van der Waals surface area contributed by atoms with Gasteiger partial charge in [-0.15, -0.1) is 0 Å². The molecule has 2 atom stereocenters. The summed E-state index contributed by atoms with van der Waals surface area (Å²) in [6, 6.07) is -0.373. The number of carbonyl (C=O) groups excluding carboxylic acids is 1. The summed E-state index contributed by atoms with van der Waals surface area (Å²) >= 11 is 0. The molecule has 0 aliphatic heterocycles. The van der Waals surface area contributed by atoms with E-state index in [-0.39, 0.29) is 12.7 Å². The molecule has 1 rings (SSSR count). The van der Waals surface area contributed by atoms with Crippen LogP contribution in [0.2, 0.25) is 0 Å². The quantitative estimate of drug-likeness (QED) is 0.551. The summed E-state index contributed by atoms with van der Waals surface area (Å²) < 4.78 is 81.8.